The van der Waals surface area contributed by atoms with Gasteiger partial charge in [0.05, 0.1) is 11.4 Å². The molecule has 0 bridgehead atoms. The van der Waals surface area contributed by atoms with Crippen molar-refractivity contribution in [3.63, 3.8) is 0 Å². The van der Waals surface area contributed by atoms with Gasteiger partial charge in [0.15, 0.2) is 0 Å². The lowest BCUT2D eigenvalue weighted by Crippen LogP contribution is -1.93. The van der Waals surface area contributed by atoms with Gasteiger partial charge < -0.3 is 0 Å². The van der Waals surface area contributed by atoms with Crippen LogP contribution in [-0.4, -0.2) is 10.4 Å². The Morgan fingerprint density at radius 3 is 1.50 bits per heavy atom. The Kier molecular flexibility index (Phi) is 2.22. The van der Waals surface area contributed by atoms with E-state index >= 15 is 0 Å². The highest BCUT2D eigenvalue weighted by molar-refractivity contribution is 6.00. The molecule has 0 radical (unpaired) electrons. The number of rotatable bonds is 2. The number of nitrogens with one attached hydrogen (secondary N) is 2. The molecule has 4 nitrogen and oxygen atoms in total. The molecule has 0 spiro atoms. The third-order valence-corrected chi connectivity index (χ3v) is 2.16. The second-order valence-corrected chi connectivity index (χ2v) is 2.93. The van der Waals surface area contributed by atoms with Crippen molar-refractivity contribution < 1.29 is 10.4 Å². The van der Waals surface area contributed by atoms with Crippen LogP contribution in [0.15, 0.2) is 36.4 Å². The van der Waals surface area contributed by atoms with Crippen molar-refractivity contribution >= 4 is 22.1 Å². The molecule has 2 aromatic rings. The van der Waals surface area contributed by atoms with Gasteiger partial charge in [0, 0.05) is 10.8 Å². The fraction of sp³-hybridized carbons (Fsp3) is 0. The van der Waals surface area contributed by atoms with Gasteiger partial charge in [-0.25, -0.2) is 0 Å². The molecular weight excluding hydrogens is 180 g/mol. The van der Waals surface area contributed by atoms with E-state index in [-0.39, 0.29) is 0 Å². The van der Waals surface area contributed by atoms with Crippen molar-refractivity contribution in [3.8, 4) is 0 Å². The molecule has 0 aliphatic rings. The molecule has 0 aliphatic carbocycles. The van der Waals surface area contributed by atoms with E-state index in [9.17, 15) is 0 Å². The topological polar surface area (TPSA) is 64.5 Å². The summed E-state index contributed by atoms with van der Waals surface area (Å²) in [5.74, 6) is 0. The average Bonchev–Trinajstić information content (AvgIpc) is 2.27. The molecule has 0 saturated heterocycles. The van der Waals surface area contributed by atoms with E-state index in [2.05, 4.69) is 11.0 Å². The van der Waals surface area contributed by atoms with Crippen LogP contribution >= 0.6 is 0 Å². The number of benzene rings is 2. The molecule has 14 heavy (non-hydrogen) atoms. The highest BCUT2D eigenvalue weighted by Gasteiger charge is 2.02. The number of hydrogen-bond acceptors (Lipinski definition) is 4. The number of fused-ring (bicyclic) bond motifs is 1. The van der Waals surface area contributed by atoms with Gasteiger partial charge in [0.1, 0.15) is 0 Å². The van der Waals surface area contributed by atoms with Crippen LogP contribution in [0.4, 0.5) is 11.4 Å². The Morgan fingerprint density at radius 2 is 1.14 bits per heavy atom. The molecule has 0 amide bonds. The molecular formula is C10H10N2O2. The summed E-state index contributed by atoms with van der Waals surface area (Å²) in [6, 6.07) is 10.8. The molecule has 2 aromatic carbocycles. The normalized spacial score (nSPS) is 10.1. The Balaban J connectivity index is 2.77. The Hall–Kier alpha value is -1.78. The standard InChI is InChI=1S/C10H10N2O2/c13-11-9-5-1-3-7-8(9)4-2-6-10(7)12-14/h1-6,11-14H. The second kappa shape index (κ2) is 3.53. The molecule has 0 aromatic heterocycles. The Labute approximate surface area is 80.7 Å². The molecule has 0 unspecified atom stereocenters. The van der Waals surface area contributed by atoms with Gasteiger partial charge in [0.2, 0.25) is 0 Å². The zero-order valence-corrected chi connectivity index (χ0v) is 7.36. The van der Waals surface area contributed by atoms with Gasteiger partial charge in [0.25, 0.3) is 0 Å². The zero-order chi connectivity index (χ0) is 9.97. The fourth-order valence-electron chi connectivity index (χ4n) is 1.50. The van der Waals surface area contributed by atoms with E-state index in [1.807, 2.05) is 12.1 Å². The molecule has 0 heterocycles. The summed E-state index contributed by atoms with van der Waals surface area (Å²) in [5.41, 5.74) is 5.45. The van der Waals surface area contributed by atoms with Gasteiger partial charge in [-0.15, -0.1) is 0 Å². The van der Waals surface area contributed by atoms with E-state index < -0.39 is 0 Å². The summed E-state index contributed by atoms with van der Waals surface area (Å²) in [5, 5.41) is 19.4. The maximum atomic E-state index is 8.87. The number of hydrogen-bond donors (Lipinski definition) is 4. The molecule has 72 valence electrons. The molecule has 0 aliphatic heterocycles. The van der Waals surface area contributed by atoms with Gasteiger partial charge in [-0.05, 0) is 12.1 Å². The Bertz CT molecular complexity index is 414. The molecule has 2 rings (SSSR count). The van der Waals surface area contributed by atoms with Gasteiger partial charge >= 0.3 is 0 Å². The van der Waals surface area contributed by atoms with Crippen LogP contribution in [-0.2, 0) is 0 Å². The lowest BCUT2D eigenvalue weighted by Gasteiger charge is -2.07. The van der Waals surface area contributed by atoms with Crippen LogP contribution in [0.25, 0.3) is 10.8 Å². The van der Waals surface area contributed by atoms with Gasteiger partial charge in [-0.2, -0.15) is 0 Å². The lowest BCUT2D eigenvalue weighted by atomic mass is 10.1. The highest BCUT2D eigenvalue weighted by atomic mass is 16.5. The maximum absolute atomic E-state index is 8.87. The fourth-order valence-corrected chi connectivity index (χ4v) is 1.50. The average molecular weight is 190 g/mol. The summed E-state index contributed by atoms with van der Waals surface area (Å²) in [6.07, 6.45) is 0. The van der Waals surface area contributed by atoms with E-state index in [0.29, 0.717) is 11.4 Å². The highest BCUT2D eigenvalue weighted by Crippen LogP contribution is 2.28. The van der Waals surface area contributed by atoms with Crippen molar-refractivity contribution in [1.29, 1.82) is 0 Å². The molecule has 0 saturated carbocycles. The molecule has 4 heteroatoms. The smallest absolute Gasteiger partial charge is 0.0681 e. The minimum Gasteiger partial charge on any atom is -0.291 e. The predicted molar refractivity (Wildman–Crippen MR) is 54.8 cm³/mol. The van der Waals surface area contributed by atoms with Crippen molar-refractivity contribution in [3.05, 3.63) is 36.4 Å². The van der Waals surface area contributed by atoms with E-state index in [4.69, 9.17) is 10.4 Å². The van der Waals surface area contributed by atoms with Crippen molar-refractivity contribution in [1.82, 2.24) is 0 Å². The van der Waals surface area contributed by atoms with E-state index in [1.165, 1.54) is 0 Å². The first-order valence-electron chi connectivity index (χ1n) is 4.19. The molecule has 0 atom stereocenters. The third kappa shape index (κ3) is 1.26. The minimum atomic E-state index is 0.611. The minimum absolute atomic E-state index is 0.611. The van der Waals surface area contributed by atoms with Crippen molar-refractivity contribution in [2.45, 2.75) is 0 Å². The predicted octanol–water partition coefficient (Wildman–Crippen LogP) is 2.44. The largest absolute Gasteiger partial charge is 0.291 e. The van der Waals surface area contributed by atoms with Crippen LogP contribution in [0.2, 0.25) is 0 Å². The summed E-state index contributed by atoms with van der Waals surface area (Å²) in [7, 11) is 0. The summed E-state index contributed by atoms with van der Waals surface area (Å²) in [6.45, 7) is 0. The van der Waals surface area contributed by atoms with Crippen LogP contribution in [0.5, 0.6) is 0 Å². The van der Waals surface area contributed by atoms with Gasteiger partial charge in [-0.1, -0.05) is 24.3 Å². The van der Waals surface area contributed by atoms with Crippen molar-refractivity contribution in [2.24, 2.45) is 0 Å². The number of anilines is 2. The quantitative estimate of drug-likeness (QED) is 0.549. The zero-order valence-electron chi connectivity index (χ0n) is 7.36. The van der Waals surface area contributed by atoms with E-state index in [0.717, 1.165) is 10.8 Å². The molecule has 0 fully saturated rings. The van der Waals surface area contributed by atoms with Crippen LogP contribution < -0.4 is 11.0 Å². The first-order chi connectivity index (χ1) is 6.86. The summed E-state index contributed by atoms with van der Waals surface area (Å²) in [4.78, 5) is 0. The van der Waals surface area contributed by atoms with Crippen molar-refractivity contribution in [2.75, 3.05) is 11.0 Å². The summed E-state index contributed by atoms with van der Waals surface area (Å²) >= 11 is 0. The SMILES string of the molecule is ONc1cccc2c(NO)cccc12. The van der Waals surface area contributed by atoms with Crippen LogP contribution in [0.1, 0.15) is 0 Å². The lowest BCUT2D eigenvalue weighted by molar-refractivity contribution is 0.388. The monoisotopic (exact) mass is 190 g/mol. The van der Waals surface area contributed by atoms with Crippen LogP contribution in [0, 0.1) is 0 Å². The maximum Gasteiger partial charge on any atom is 0.0681 e. The second-order valence-electron chi connectivity index (χ2n) is 2.93. The first-order valence-corrected chi connectivity index (χ1v) is 4.19. The van der Waals surface area contributed by atoms with Crippen LogP contribution in [0.3, 0.4) is 0 Å². The molecule has 4 N–H and O–H groups in total. The summed E-state index contributed by atoms with van der Waals surface area (Å²) < 4.78 is 0. The first kappa shape index (κ1) is 8.80. The van der Waals surface area contributed by atoms with E-state index in [1.54, 1.807) is 24.3 Å². The van der Waals surface area contributed by atoms with Gasteiger partial charge in [-0.3, -0.25) is 21.4 Å². The third-order valence-electron chi connectivity index (χ3n) is 2.16. The Morgan fingerprint density at radius 1 is 0.714 bits per heavy atom.